The van der Waals surface area contributed by atoms with Gasteiger partial charge in [-0.25, -0.2) is 0 Å². The molecule has 0 aliphatic heterocycles. The molecule has 138 valence electrons. The highest BCUT2D eigenvalue weighted by molar-refractivity contribution is 5.95. The third-order valence-corrected chi connectivity index (χ3v) is 4.24. The Morgan fingerprint density at radius 1 is 0.963 bits per heavy atom. The summed E-state index contributed by atoms with van der Waals surface area (Å²) in [6.45, 7) is 6.48. The normalized spacial score (nSPS) is 12.3. The van der Waals surface area contributed by atoms with Crippen LogP contribution in [-0.4, -0.2) is 10.9 Å². The Balaban J connectivity index is 1.80. The molecule has 0 bridgehead atoms. The lowest BCUT2D eigenvalue weighted by Crippen LogP contribution is -2.26. The number of carbonyl (C=O) groups is 1. The first-order valence-corrected chi connectivity index (χ1v) is 8.96. The molecule has 4 heteroatoms. The Bertz CT molecular complexity index is 870. The van der Waals surface area contributed by atoms with Gasteiger partial charge in [0.25, 0.3) is 5.91 Å². The molecule has 0 aliphatic rings. The highest BCUT2D eigenvalue weighted by Crippen LogP contribution is 2.25. The smallest absolute Gasteiger partial charge is 0.270 e. The van der Waals surface area contributed by atoms with E-state index in [0.717, 1.165) is 5.69 Å². The number of hydrogen-bond donors (Lipinski definition) is 1. The van der Waals surface area contributed by atoms with Crippen LogP contribution in [0.15, 0.2) is 79.1 Å². The number of anilines is 1. The van der Waals surface area contributed by atoms with Crippen molar-refractivity contribution in [1.82, 2.24) is 4.98 Å². The second kappa shape index (κ2) is 8.04. The van der Waals surface area contributed by atoms with Gasteiger partial charge in [0.05, 0.1) is 0 Å². The van der Waals surface area contributed by atoms with Crippen molar-refractivity contribution in [2.45, 2.75) is 32.3 Å². The number of rotatable bonds is 5. The van der Waals surface area contributed by atoms with Gasteiger partial charge in [-0.3, -0.25) is 9.78 Å². The van der Waals surface area contributed by atoms with E-state index >= 15 is 0 Å². The average molecular weight is 360 g/mol. The van der Waals surface area contributed by atoms with Gasteiger partial charge in [-0.05, 0) is 41.3 Å². The van der Waals surface area contributed by atoms with Gasteiger partial charge in [-0.15, -0.1) is 0 Å². The largest absolute Gasteiger partial charge is 0.476 e. The summed E-state index contributed by atoms with van der Waals surface area (Å²) in [6, 6.07) is 20.8. The van der Waals surface area contributed by atoms with Crippen LogP contribution in [0.1, 0.15) is 38.0 Å². The highest BCUT2D eigenvalue weighted by Gasteiger charge is 2.23. The molecule has 27 heavy (non-hydrogen) atoms. The van der Waals surface area contributed by atoms with Crippen LogP contribution in [0, 0.1) is 0 Å². The number of carbonyl (C=O) groups excluding carboxylic acids is 1. The quantitative estimate of drug-likeness (QED) is 0.685. The van der Waals surface area contributed by atoms with Crippen LogP contribution < -0.4 is 10.1 Å². The number of benzene rings is 2. The summed E-state index contributed by atoms with van der Waals surface area (Å²) in [4.78, 5) is 17.1. The molecule has 1 atom stereocenters. The lowest BCUT2D eigenvalue weighted by molar-refractivity contribution is -0.123. The molecule has 0 spiro atoms. The van der Waals surface area contributed by atoms with E-state index in [1.54, 1.807) is 18.5 Å². The third-order valence-electron chi connectivity index (χ3n) is 4.24. The molecule has 1 heterocycles. The third kappa shape index (κ3) is 4.94. The second-order valence-electron chi connectivity index (χ2n) is 7.41. The van der Waals surface area contributed by atoms with Crippen LogP contribution in [0.5, 0.6) is 5.75 Å². The number of aromatic nitrogens is 1. The predicted octanol–water partition coefficient (Wildman–Crippen LogP) is 5.14. The van der Waals surface area contributed by atoms with Crippen molar-refractivity contribution in [1.29, 1.82) is 0 Å². The van der Waals surface area contributed by atoms with Gasteiger partial charge in [0.1, 0.15) is 5.75 Å². The molecule has 0 fully saturated rings. The summed E-state index contributed by atoms with van der Waals surface area (Å²) in [5.41, 5.74) is 2.71. The van der Waals surface area contributed by atoms with E-state index in [9.17, 15) is 4.79 Å². The second-order valence-corrected chi connectivity index (χ2v) is 7.41. The van der Waals surface area contributed by atoms with Gasteiger partial charge >= 0.3 is 0 Å². The fraction of sp³-hybridized carbons (Fsp3) is 0.217. The van der Waals surface area contributed by atoms with E-state index in [-0.39, 0.29) is 11.3 Å². The van der Waals surface area contributed by atoms with Crippen LogP contribution in [0.3, 0.4) is 0 Å². The fourth-order valence-corrected chi connectivity index (χ4v) is 2.70. The van der Waals surface area contributed by atoms with Crippen molar-refractivity contribution in [2.24, 2.45) is 0 Å². The van der Waals surface area contributed by atoms with E-state index in [1.807, 2.05) is 60.7 Å². The minimum atomic E-state index is -0.789. The summed E-state index contributed by atoms with van der Waals surface area (Å²) >= 11 is 0. The van der Waals surface area contributed by atoms with Gasteiger partial charge in [-0.2, -0.15) is 0 Å². The van der Waals surface area contributed by atoms with E-state index in [0.29, 0.717) is 11.3 Å². The summed E-state index contributed by atoms with van der Waals surface area (Å²) in [6.07, 6.45) is 2.53. The van der Waals surface area contributed by atoms with Crippen LogP contribution in [-0.2, 0) is 10.2 Å². The highest BCUT2D eigenvalue weighted by atomic mass is 16.5. The number of ether oxygens (including phenoxy) is 1. The number of hydrogen-bond acceptors (Lipinski definition) is 3. The molecule has 1 amide bonds. The van der Waals surface area contributed by atoms with Gasteiger partial charge in [0.15, 0.2) is 0 Å². The van der Waals surface area contributed by atoms with E-state index in [4.69, 9.17) is 4.74 Å². The standard InChI is InChI=1S/C23H24N2O2/c1-23(2,3)18-11-13-19(14-12-18)25-22(26)21(17-8-7-15-24-16-17)27-20-9-5-4-6-10-20/h4-16,21H,1-3H3,(H,25,26). The van der Waals surface area contributed by atoms with Crippen LogP contribution in [0.25, 0.3) is 0 Å². The Kier molecular flexibility index (Phi) is 5.55. The van der Waals surface area contributed by atoms with Gasteiger partial charge in [0.2, 0.25) is 6.10 Å². The molecule has 0 saturated carbocycles. The van der Waals surface area contributed by atoms with E-state index in [1.165, 1.54) is 5.56 Å². The molecule has 3 rings (SSSR count). The molecular weight excluding hydrogens is 336 g/mol. The maximum Gasteiger partial charge on any atom is 0.270 e. The maximum absolute atomic E-state index is 12.9. The molecule has 1 aromatic heterocycles. The molecule has 0 saturated heterocycles. The minimum absolute atomic E-state index is 0.0667. The monoisotopic (exact) mass is 360 g/mol. The Morgan fingerprint density at radius 2 is 1.67 bits per heavy atom. The van der Waals surface area contributed by atoms with E-state index < -0.39 is 6.10 Å². The SMILES string of the molecule is CC(C)(C)c1ccc(NC(=O)C(Oc2ccccc2)c2cccnc2)cc1. The first-order valence-electron chi connectivity index (χ1n) is 8.96. The van der Waals surface area contributed by atoms with Gasteiger partial charge in [-0.1, -0.05) is 57.2 Å². The van der Waals surface area contributed by atoms with Crippen molar-refractivity contribution < 1.29 is 9.53 Å². The van der Waals surface area contributed by atoms with Crippen molar-refractivity contribution in [3.63, 3.8) is 0 Å². The molecular formula is C23H24N2O2. The van der Waals surface area contributed by atoms with Crippen molar-refractivity contribution in [3.05, 3.63) is 90.3 Å². The molecule has 2 aromatic carbocycles. The Morgan fingerprint density at radius 3 is 2.26 bits per heavy atom. The van der Waals surface area contributed by atoms with Crippen molar-refractivity contribution in [2.75, 3.05) is 5.32 Å². The van der Waals surface area contributed by atoms with E-state index in [2.05, 4.69) is 31.1 Å². The first-order chi connectivity index (χ1) is 12.9. The number of pyridine rings is 1. The molecule has 4 nitrogen and oxygen atoms in total. The van der Waals surface area contributed by atoms with Crippen molar-refractivity contribution in [3.8, 4) is 5.75 Å². The topological polar surface area (TPSA) is 51.2 Å². The van der Waals surface area contributed by atoms with Gasteiger partial charge < -0.3 is 10.1 Å². The molecule has 1 unspecified atom stereocenters. The molecule has 0 radical (unpaired) electrons. The Hall–Kier alpha value is -3.14. The van der Waals surface area contributed by atoms with Crippen LogP contribution in [0.4, 0.5) is 5.69 Å². The number of nitrogens with zero attached hydrogens (tertiary/aromatic N) is 1. The van der Waals surface area contributed by atoms with Crippen molar-refractivity contribution >= 4 is 11.6 Å². The number of para-hydroxylation sites is 1. The summed E-state index contributed by atoms with van der Waals surface area (Å²) in [5.74, 6) is 0.389. The molecule has 0 aliphatic carbocycles. The zero-order valence-electron chi connectivity index (χ0n) is 15.8. The minimum Gasteiger partial charge on any atom is -0.476 e. The van der Waals surface area contributed by atoms with Crippen LogP contribution >= 0.6 is 0 Å². The lowest BCUT2D eigenvalue weighted by atomic mass is 9.87. The maximum atomic E-state index is 12.9. The fourth-order valence-electron chi connectivity index (χ4n) is 2.70. The molecule has 1 N–H and O–H groups in total. The summed E-state index contributed by atoms with van der Waals surface area (Å²) in [7, 11) is 0. The Labute approximate surface area is 160 Å². The molecule has 3 aromatic rings. The average Bonchev–Trinajstić information content (AvgIpc) is 2.67. The summed E-state index contributed by atoms with van der Waals surface area (Å²) in [5, 5.41) is 2.95. The first kappa shape index (κ1) is 18.6. The lowest BCUT2D eigenvalue weighted by Gasteiger charge is -2.21. The van der Waals surface area contributed by atoms with Crippen LogP contribution in [0.2, 0.25) is 0 Å². The predicted molar refractivity (Wildman–Crippen MR) is 108 cm³/mol. The van der Waals surface area contributed by atoms with Gasteiger partial charge in [0, 0.05) is 23.6 Å². The zero-order chi connectivity index (χ0) is 19.3. The number of nitrogens with one attached hydrogen (secondary N) is 1. The summed E-state index contributed by atoms with van der Waals surface area (Å²) < 4.78 is 5.96. The number of amides is 1. The zero-order valence-corrected chi connectivity index (χ0v) is 15.8.